The van der Waals surface area contributed by atoms with E-state index in [1.807, 2.05) is 33.7 Å². The summed E-state index contributed by atoms with van der Waals surface area (Å²) >= 11 is 9.76. The number of thiazole rings is 2. The van der Waals surface area contributed by atoms with E-state index >= 15 is 0 Å². The molecule has 3 aromatic rings. The summed E-state index contributed by atoms with van der Waals surface area (Å²) in [7, 11) is 0. The summed E-state index contributed by atoms with van der Waals surface area (Å²) in [5.41, 5.74) is 11.4. The number of oxime groups is 1. The van der Waals surface area contributed by atoms with Crippen molar-refractivity contribution in [1.82, 2.24) is 19.6 Å². The number of nitrogens with zero attached hydrogens (tertiary/aromatic N) is 5. The van der Waals surface area contributed by atoms with Gasteiger partial charge in [0.05, 0.1) is 11.7 Å². The lowest BCUT2D eigenvalue weighted by Gasteiger charge is -2.50. The standard InChI is InChI=1S/C23H23ClN8O7S3/c1-8(25)18-30(6-11-31(18)3-4-40-11)5-10-7-41-20-14(19(34)32(20)15(10)22(37)38)27-17(33)13(29-39-9(2)21(35)36)12-16(24)42-23(26)28-12/h3-4,6,8-9,14,20H,5,7,25H2,1-2H3,(H4-,26,27,28,33,35,36,37,38)/b29-13-/t8-,9+,14-,20-/m1/s1. The summed E-state index contributed by atoms with van der Waals surface area (Å²) in [5, 5.41) is 28.7. The number of nitrogens with two attached hydrogens (primary N) is 2. The first-order valence-electron chi connectivity index (χ1n) is 12.2. The molecule has 2 aliphatic rings. The number of aliphatic carboxylic acids is 2. The van der Waals surface area contributed by atoms with Crippen molar-refractivity contribution in [3.8, 4) is 0 Å². The highest BCUT2D eigenvalue weighted by molar-refractivity contribution is 8.00. The van der Waals surface area contributed by atoms with Crippen LogP contribution >= 0.6 is 46.0 Å². The number of carboxylic acid groups (broad SMARTS) is 2. The topological polar surface area (TPSA) is 222 Å². The number of thioether (sulfide) groups is 1. The van der Waals surface area contributed by atoms with Gasteiger partial charge in [0.2, 0.25) is 10.9 Å². The van der Waals surface area contributed by atoms with Gasteiger partial charge in [-0.05, 0) is 13.8 Å². The first kappa shape index (κ1) is 29.8. The Hall–Kier alpha value is -3.71. The van der Waals surface area contributed by atoms with Gasteiger partial charge in [-0.2, -0.15) is 4.40 Å². The number of hydrogen-bond donors (Lipinski definition) is 4. The lowest BCUT2D eigenvalue weighted by Crippen LogP contribution is -2.71. The zero-order valence-electron chi connectivity index (χ0n) is 21.8. The Balaban J connectivity index is 1.39. The van der Waals surface area contributed by atoms with E-state index in [1.165, 1.54) is 30.0 Å². The number of carboxylic acids is 2. The number of anilines is 1. The van der Waals surface area contributed by atoms with Crippen LogP contribution in [0.2, 0.25) is 4.34 Å². The molecule has 4 atom stereocenters. The molecule has 0 unspecified atom stereocenters. The average molecular weight is 655 g/mol. The molecule has 222 valence electrons. The van der Waals surface area contributed by atoms with Crippen molar-refractivity contribution in [2.45, 2.75) is 44.0 Å². The number of aromatic nitrogens is 3. The Morgan fingerprint density at radius 3 is 2.76 bits per heavy atom. The predicted molar refractivity (Wildman–Crippen MR) is 151 cm³/mol. The molecule has 2 amide bonds. The summed E-state index contributed by atoms with van der Waals surface area (Å²) < 4.78 is 3.77. The quantitative estimate of drug-likeness (QED) is 0.0926. The van der Waals surface area contributed by atoms with Crippen LogP contribution in [0.15, 0.2) is 34.2 Å². The van der Waals surface area contributed by atoms with Crippen LogP contribution in [-0.4, -0.2) is 72.1 Å². The molecule has 6 N–H and O–H groups in total. The number of nitrogen functional groups attached to an aromatic ring is 1. The number of hydrogen-bond acceptors (Lipinski definition) is 13. The highest BCUT2D eigenvalue weighted by Crippen LogP contribution is 2.40. The number of amides is 2. The molecule has 5 heterocycles. The minimum Gasteiger partial charge on any atom is -0.543 e. The van der Waals surface area contributed by atoms with Crippen molar-refractivity contribution in [1.29, 1.82) is 0 Å². The third kappa shape index (κ3) is 5.31. The lowest BCUT2D eigenvalue weighted by atomic mass is 10.0. The summed E-state index contributed by atoms with van der Waals surface area (Å²) in [6.45, 7) is 3.18. The zero-order chi connectivity index (χ0) is 30.5. The number of rotatable bonds is 10. The maximum Gasteiger partial charge on any atom is 0.347 e. The molecule has 0 aromatic carbocycles. The van der Waals surface area contributed by atoms with E-state index in [0.717, 1.165) is 26.9 Å². The number of fused-ring (bicyclic) bond motifs is 2. The fourth-order valence-corrected chi connectivity index (χ4v) is 7.60. The molecule has 19 heteroatoms. The Bertz CT molecular complexity index is 1680. The Labute approximate surface area is 254 Å². The van der Waals surface area contributed by atoms with E-state index in [0.29, 0.717) is 5.57 Å². The molecule has 3 aromatic heterocycles. The fraction of sp³-hybridized carbons (Fsp3) is 0.348. The molecular formula is C23H23ClN8O7S3. The van der Waals surface area contributed by atoms with Gasteiger partial charge in [0.1, 0.15) is 46.4 Å². The largest absolute Gasteiger partial charge is 0.543 e. The molecule has 15 nitrogen and oxygen atoms in total. The number of carbonyl (C=O) groups excluding carboxylic acids is 3. The van der Waals surface area contributed by atoms with Crippen LogP contribution in [0.4, 0.5) is 5.13 Å². The minimum atomic E-state index is -1.53. The van der Waals surface area contributed by atoms with Crippen molar-refractivity contribution in [3.63, 3.8) is 0 Å². The van der Waals surface area contributed by atoms with Crippen molar-refractivity contribution in [2.75, 3.05) is 11.5 Å². The number of carbonyl (C=O) groups is 4. The monoisotopic (exact) mass is 654 g/mol. The van der Waals surface area contributed by atoms with E-state index in [4.69, 9.17) is 33.0 Å². The van der Waals surface area contributed by atoms with E-state index in [9.17, 15) is 24.3 Å². The first-order chi connectivity index (χ1) is 19.9. The van der Waals surface area contributed by atoms with Gasteiger partial charge in [-0.3, -0.25) is 14.5 Å². The van der Waals surface area contributed by atoms with Gasteiger partial charge in [0.15, 0.2) is 10.8 Å². The van der Waals surface area contributed by atoms with Crippen LogP contribution in [-0.2, 0) is 30.6 Å². The molecule has 0 bridgehead atoms. The maximum atomic E-state index is 13.3. The lowest BCUT2D eigenvalue weighted by molar-refractivity contribution is -0.696. The summed E-state index contributed by atoms with van der Waals surface area (Å²) in [6, 6.07) is -1.49. The highest BCUT2D eigenvalue weighted by atomic mass is 35.5. The second-order valence-corrected chi connectivity index (χ2v) is 13.0. The third-order valence-corrected chi connectivity index (χ3v) is 9.66. The fourth-order valence-electron chi connectivity index (χ4n) is 4.56. The van der Waals surface area contributed by atoms with E-state index < -0.39 is 47.0 Å². The van der Waals surface area contributed by atoms with Crippen molar-refractivity contribution in [2.24, 2.45) is 10.9 Å². The molecule has 0 aliphatic carbocycles. The van der Waals surface area contributed by atoms with Crippen molar-refractivity contribution < 1.29 is 38.8 Å². The maximum absolute atomic E-state index is 13.3. The second-order valence-electron chi connectivity index (χ2n) is 9.32. The van der Waals surface area contributed by atoms with Gasteiger partial charge in [-0.25, -0.2) is 14.3 Å². The number of β-lactam (4-membered cyclic amide) rings is 1. The number of imidazole rings is 1. The molecule has 42 heavy (non-hydrogen) atoms. The summed E-state index contributed by atoms with van der Waals surface area (Å²) in [5.74, 6) is -3.51. The van der Waals surface area contributed by atoms with Gasteiger partial charge in [-0.1, -0.05) is 39.4 Å². The van der Waals surface area contributed by atoms with Crippen LogP contribution in [0, 0.1) is 0 Å². The van der Waals surface area contributed by atoms with Crippen LogP contribution in [0.3, 0.4) is 0 Å². The molecule has 5 rings (SSSR count). The molecule has 0 radical (unpaired) electrons. The molecule has 0 saturated carbocycles. The number of nitrogens with one attached hydrogen (secondary N) is 1. The van der Waals surface area contributed by atoms with Gasteiger partial charge in [0.25, 0.3) is 17.6 Å². The van der Waals surface area contributed by atoms with Gasteiger partial charge in [0, 0.05) is 16.7 Å². The van der Waals surface area contributed by atoms with Crippen molar-refractivity contribution in [3.05, 3.63) is 44.9 Å². The van der Waals surface area contributed by atoms with Gasteiger partial charge >= 0.3 is 5.97 Å². The first-order valence-corrected chi connectivity index (χ1v) is 15.3. The Morgan fingerprint density at radius 1 is 1.40 bits per heavy atom. The van der Waals surface area contributed by atoms with Gasteiger partial charge in [-0.15, -0.1) is 11.8 Å². The molecule has 0 spiro atoms. The van der Waals surface area contributed by atoms with Crippen LogP contribution < -0.4 is 26.5 Å². The second kappa shape index (κ2) is 11.5. The third-order valence-electron chi connectivity index (χ3n) is 6.43. The van der Waals surface area contributed by atoms with Crippen LogP contribution in [0.5, 0.6) is 0 Å². The Kier molecular flexibility index (Phi) is 8.17. The Morgan fingerprint density at radius 2 is 2.14 bits per heavy atom. The molecular weight excluding hydrogens is 632 g/mol. The molecule has 1 saturated heterocycles. The molecule has 2 aliphatic heterocycles. The summed E-state index contributed by atoms with van der Waals surface area (Å²) in [6.07, 6.45) is 2.33. The van der Waals surface area contributed by atoms with E-state index in [-0.39, 0.29) is 39.2 Å². The van der Waals surface area contributed by atoms with Crippen LogP contribution in [0.1, 0.15) is 31.4 Å². The average Bonchev–Trinajstić information content (AvgIpc) is 3.60. The zero-order valence-corrected chi connectivity index (χ0v) is 25.1. The highest BCUT2D eigenvalue weighted by Gasteiger charge is 2.53. The van der Waals surface area contributed by atoms with Crippen molar-refractivity contribution >= 4 is 85.5 Å². The van der Waals surface area contributed by atoms with Gasteiger partial charge < -0.3 is 36.6 Å². The summed E-state index contributed by atoms with van der Waals surface area (Å²) in [4.78, 5) is 60.8. The molecule has 1 fully saturated rings. The number of halogens is 1. The minimum absolute atomic E-state index is 0.0115. The van der Waals surface area contributed by atoms with E-state index in [2.05, 4.69) is 15.5 Å². The smallest absolute Gasteiger partial charge is 0.347 e. The van der Waals surface area contributed by atoms with Crippen LogP contribution in [0.25, 0.3) is 4.83 Å². The SMILES string of the molecule is C[C@H](O/N=C(\C(=O)N[C@@H]1C(=O)N2C(C(=O)[O-])=C(C[n+]3cc4sccn4c3[C@@H](C)N)CS[C@H]12)c1nc(N)sc1Cl)C(=O)O. The normalized spacial score (nSPS) is 20.2. The van der Waals surface area contributed by atoms with E-state index in [1.54, 1.807) is 0 Å². The predicted octanol–water partition coefficient (Wildman–Crippen LogP) is -0.702.